The Morgan fingerprint density at radius 3 is 2.44 bits per heavy atom. The zero-order chi connectivity index (χ0) is 13.4. The fourth-order valence-electron chi connectivity index (χ4n) is 1.19. The van der Waals surface area contributed by atoms with Crippen LogP contribution in [0.4, 0.5) is 0 Å². The number of carbonyl (C=O) groups excluding carboxylic acids is 2. The summed E-state index contributed by atoms with van der Waals surface area (Å²) in [4.78, 5) is 27.5. The first-order chi connectivity index (χ1) is 8.65. The van der Waals surface area contributed by atoms with E-state index < -0.39 is 11.8 Å². The molecule has 0 aliphatic carbocycles. The van der Waals surface area contributed by atoms with Crippen LogP contribution in [0.25, 0.3) is 0 Å². The lowest BCUT2D eigenvalue weighted by atomic mass is 10.2. The Morgan fingerprint density at radius 1 is 1.22 bits per heavy atom. The molecule has 5 nitrogen and oxygen atoms in total. The van der Waals surface area contributed by atoms with Gasteiger partial charge in [-0.2, -0.15) is 0 Å². The van der Waals surface area contributed by atoms with Crippen LogP contribution in [0, 0.1) is 0 Å². The van der Waals surface area contributed by atoms with Crippen molar-refractivity contribution in [2.24, 2.45) is 5.16 Å². The monoisotopic (exact) mass is 249 g/mol. The fraction of sp³-hybridized carbons (Fsp3) is 0.308. The summed E-state index contributed by atoms with van der Waals surface area (Å²) in [6.07, 6.45) is 0. The van der Waals surface area contributed by atoms with Gasteiger partial charge in [0.05, 0.1) is 6.61 Å². The van der Waals surface area contributed by atoms with E-state index in [0.717, 1.165) is 5.56 Å². The summed E-state index contributed by atoms with van der Waals surface area (Å²) in [5.41, 5.74) is 0.570. The molecule has 5 heteroatoms. The van der Waals surface area contributed by atoms with Gasteiger partial charge < -0.3 is 9.57 Å². The van der Waals surface area contributed by atoms with E-state index in [1.54, 1.807) is 6.92 Å². The van der Waals surface area contributed by atoms with Crippen LogP contribution in [0.1, 0.15) is 19.4 Å². The van der Waals surface area contributed by atoms with Crippen molar-refractivity contribution in [2.45, 2.75) is 20.5 Å². The third-order valence-electron chi connectivity index (χ3n) is 2.03. The van der Waals surface area contributed by atoms with E-state index in [1.165, 1.54) is 6.92 Å². The highest BCUT2D eigenvalue weighted by Crippen LogP contribution is 2.01. The Morgan fingerprint density at radius 2 is 1.89 bits per heavy atom. The Bertz CT molecular complexity index is 440. The molecule has 0 bridgehead atoms. The second-order valence-corrected chi connectivity index (χ2v) is 3.48. The molecule has 0 saturated heterocycles. The highest BCUT2D eigenvalue weighted by atomic mass is 16.6. The molecule has 0 fully saturated rings. The van der Waals surface area contributed by atoms with Crippen LogP contribution in [-0.2, 0) is 25.8 Å². The highest BCUT2D eigenvalue weighted by molar-refractivity contribution is 6.63. The number of rotatable bonds is 6. The van der Waals surface area contributed by atoms with Crippen LogP contribution >= 0.6 is 0 Å². The minimum atomic E-state index is -0.766. The second kappa shape index (κ2) is 7.21. The fourth-order valence-corrected chi connectivity index (χ4v) is 1.19. The first-order valence-electron chi connectivity index (χ1n) is 5.57. The normalized spacial score (nSPS) is 10.9. The quantitative estimate of drug-likeness (QED) is 0.333. The van der Waals surface area contributed by atoms with Gasteiger partial charge in [-0.15, -0.1) is 0 Å². The van der Waals surface area contributed by atoms with Crippen molar-refractivity contribution in [2.75, 3.05) is 6.61 Å². The zero-order valence-electron chi connectivity index (χ0n) is 10.4. The number of oxime groups is 1. The molecule has 96 valence electrons. The number of esters is 1. The maximum Gasteiger partial charge on any atom is 0.364 e. The van der Waals surface area contributed by atoms with E-state index in [-0.39, 0.29) is 18.9 Å². The molecule has 0 amide bonds. The van der Waals surface area contributed by atoms with Gasteiger partial charge >= 0.3 is 5.97 Å². The second-order valence-electron chi connectivity index (χ2n) is 3.48. The predicted octanol–water partition coefficient (Wildman–Crippen LogP) is 1.71. The van der Waals surface area contributed by atoms with E-state index in [1.807, 2.05) is 30.3 Å². The largest absolute Gasteiger partial charge is 0.461 e. The van der Waals surface area contributed by atoms with Crippen molar-refractivity contribution in [3.8, 4) is 0 Å². The summed E-state index contributed by atoms with van der Waals surface area (Å²) < 4.78 is 4.70. The number of carbonyl (C=O) groups is 2. The average molecular weight is 249 g/mol. The number of hydrogen-bond acceptors (Lipinski definition) is 5. The van der Waals surface area contributed by atoms with Crippen LogP contribution in [0.15, 0.2) is 35.5 Å². The Hall–Kier alpha value is -2.17. The molecule has 0 aromatic heterocycles. The topological polar surface area (TPSA) is 65.0 Å². The molecule has 0 aliphatic rings. The average Bonchev–Trinajstić information content (AvgIpc) is 2.35. The van der Waals surface area contributed by atoms with Crippen LogP contribution < -0.4 is 0 Å². The predicted molar refractivity (Wildman–Crippen MR) is 66.0 cm³/mol. The van der Waals surface area contributed by atoms with Gasteiger partial charge in [-0.05, 0) is 12.5 Å². The van der Waals surface area contributed by atoms with Crippen LogP contribution in [0.3, 0.4) is 0 Å². The van der Waals surface area contributed by atoms with Gasteiger partial charge in [0.25, 0.3) is 0 Å². The van der Waals surface area contributed by atoms with Gasteiger partial charge in [0, 0.05) is 6.92 Å². The van der Waals surface area contributed by atoms with E-state index in [0.29, 0.717) is 0 Å². The maximum atomic E-state index is 11.4. The summed E-state index contributed by atoms with van der Waals surface area (Å²) >= 11 is 0. The lowest BCUT2D eigenvalue weighted by Gasteiger charge is -2.03. The van der Waals surface area contributed by atoms with Crippen molar-refractivity contribution >= 4 is 17.5 Å². The standard InChI is InChI=1S/C13H15NO4/c1-3-17-13(16)12(10(2)15)14-18-9-11-7-5-4-6-8-11/h4-8H,3,9H2,1-2H3/b14-12-. The molecule has 0 atom stereocenters. The van der Waals surface area contributed by atoms with Crippen molar-refractivity contribution in [3.63, 3.8) is 0 Å². The highest BCUT2D eigenvalue weighted by Gasteiger charge is 2.18. The van der Waals surface area contributed by atoms with Gasteiger partial charge in [0.2, 0.25) is 5.71 Å². The molecule has 0 radical (unpaired) electrons. The molecule has 0 N–H and O–H groups in total. The van der Waals surface area contributed by atoms with E-state index in [4.69, 9.17) is 9.57 Å². The van der Waals surface area contributed by atoms with Crippen LogP contribution in [0.2, 0.25) is 0 Å². The molecule has 0 unspecified atom stereocenters. The minimum absolute atomic E-state index is 0.184. The summed E-state index contributed by atoms with van der Waals surface area (Å²) in [6.45, 7) is 3.27. The molecule has 0 saturated carbocycles. The van der Waals surface area contributed by atoms with Crippen molar-refractivity contribution in [1.82, 2.24) is 0 Å². The van der Waals surface area contributed by atoms with Crippen molar-refractivity contribution < 1.29 is 19.2 Å². The lowest BCUT2D eigenvalue weighted by molar-refractivity contribution is -0.136. The Balaban J connectivity index is 2.61. The third-order valence-corrected chi connectivity index (χ3v) is 2.03. The lowest BCUT2D eigenvalue weighted by Crippen LogP contribution is -2.24. The van der Waals surface area contributed by atoms with E-state index in [2.05, 4.69) is 5.16 Å². The first-order valence-corrected chi connectivity index (χ1v) is 5.57. The summed E-state index contributed by atoms with van der Waals surface area (Å²) in [5, 5.41) is 3.53. The number of benzene rings is 1. The molecule has 1 rings (SSSR count). The molecule has 18 heavy (non-hydrogen) atoms. The molecule has 0 spiro atoms. The SMILES string of the molecule is CCOC(=O)/C(=N\OCc1ccccc1)C(C)=O. The van der Waals surface area contributed by atoms with Gasteiger partial charge in [-0.3, -0.25) is 4.79 Å². The van der Waals surface area contributed by atoms with Gasteiger partial charge in [0.1, 0.15) is 6.61 Å². The Labute approximate surface area is 105 Å². The molecular formula is C13H15NO4. The van der Waals surface area contributed by atoms with E-state index >= 15 is 0 Å². The molecule has 1 aromatic carbocycles. The van der Waals surface area contributed by atoms with Crippen LogP contribution in [0.5, 0.6) is 0 Å². The third kappa shape index (κ3) is 4.37. The number of Topliss-reactive ketones (excluding diaryl/α,β-unsaturated/α-hetero) is 1. The van der Waals surface area contributed by atoms with E-state index in [9.17, 15) is 9.59 Å². The molecule has 1 aromatic rings. The Kier molecular flexibility index (Phi) is 5.57. The van der Waals surface area contributed by atoms with Crippen molar-refractivity contribution in [1.29, 1.82) is 0 Å². The van der Waals surface area contributed by atoms with Gasteiger partial charge in [-0.25, -0.2) is 4.79 Å². The number of nitrogens with zero attached hydrogens (tertiary/aromatic N) is 1. The van der Waals surface area contributed by atoms with Gasteiger partial charge in [0.15, 0.2) is 5.78 Å². The number of ketones is 1. The minimum Gasteiger partial charge on any atom is -0.461 e. The number of ether oxygens (including phenoxy) is 1. The molecular weight excluding hydrogens is 234 g/mol. The van der Waals surface area contributed by atoms with Crippen molar-refractivity contribution in [3.05, 3.63) is 35.9 Å². The maximum absolute atomic E-state index is 11.4. The smallest absolute Gasteiger partial charge is 0.364 e. The first kappa shape index (κ1) is 13.9. The summed E-state index contributed by atoms with van der Waals surface area (Å²) in [5.74, 6) is -1.25. The summed E-state index contributed by atoms with van der Waals surface area (Å²) in [7, 11) is 0. The molecule has 0 aliphatic heterocycles. The van der Waals surface area contributed by atoms with Crippen LogP contribution in [-0.4, -0.2) is 24.1 Å². The number of hydrogen-bond donors (Lipinski definition) is 0. The van der Waals surface area contributed by atoms with Gasteiger partial charge in [-0.1, -0.05) is 35.5 Å². The zero-order valence-corrected chi connectivity index (χ0v) is 10.4. The molecule has 0 heterocycles. The summed E-state index contributed by atoms with van der Waals surface area (Å²) in [6, 6.07) is 9.31.